The van der Waals surface area contributed by atoms with Crippen LogP contribution < -0.4 is 0 Å². The number of benzene rings is 27. The molecule has 30 rings (SSSR count). The largest absolute Gasteiger partial charge is 0.456 e. The van der Waals surface area contributed by atoms with Crippen molar-refractivity contribution in [3.63, 3.8) is 0 Å². The molecule has 27 aromatic carbocycles. The van der Waals surface area contributed by atoms with Gasteiger partial charge in [-0.3, -0.25) is 0 Å². The third-order valence-corrected chi connectivity index (χ3v) is 29.5. The molecule has 0 saturated heterocycles. The first-order valence-electron chi connectivity index (χ1n) is 48.5. The van der Waals surface area contributed by atoms with Gasteiger partial charge in [0.2, 0.25) is 0 Å². The van der Waals surface area contributed by atoms with E-state index >= 15 is 0 Å². The Morgan fingerprint density at radius 3 is 0.773 bits per heavy atom. The monoisotopic (exact) mass is 1790 g/mol. The summed E-state index contributed by atoms with van der Waals surface area (Å²) in [6, 6.07) is 185. The summed E-state index contributed by atoms with van der Waals surface area (Å²) in [6.07, 6.45) is 0. The maximum atomic E-state index is 6.39. The molecule has 0 amide bonds. The zero-order valence-corrected chi connectivity index (χ0v) is 76.7. The number of hydrogen-bond acceptors (Lipinski definition) is 3. The smallest absolute Gasteiger partial charge is 0.136 e. The van der Waals surface area contributed by atoms with Crippen LogP contribution in [0, 0.1) is 0 Å². The van der Waals surface area contributed by atoms with Crippen LogP contribution in [0.15, 0.2) is 523 Å². The van der Waals surface area contributed by atoms with E-state index in [1.807, 2.05) is 0 Å². The predicted octanol–water partition coefficient (Wildman–Crippen LogP) is 39.6. The van der Waals surface area contributed by atoms with E-state index in [4.69, 9.17) is 13.3 Å². The maximum Gasteiger partial charge on any atom is 0.136 e. The lowest BCUT2D eigenvalue weighted by Crippen LogP contribution is -1.93. The van der Waals surface area contributed by atoms with Gasteiger partial charge in [-0.25, -0.2) is 0 Å². The second-order valence-electron chi connectivity index (χ2n) is 37.3. The van der Waals surface area contributed by atoms with Crippen molar-refractivity contribution in [2.45, 2.75) is 0 Å². The minimum absolute atomic E-state index is 0.910. The molecule has 0 spiro atoms. The zero-order valence-electron chi connectivity index (χ0n) is 76.7. The van der Waals surface area contributed by atoms with Crippen molar-refractivity contribution >= 4 is 195 Å². The molecule has 30 aromatic rings. The molecule has 3 aromatic heterocycles. The van der Waals surface area contributed by atoms with Crippen LogP contribution in [0.3, 0.4) is 0 Å². The lowest BCUT2D eigenvalue weighted by Gasteiger charge is -2.20. The Morgan fingerprint density at radius 1 is 0.0993 bits per heavy atom. The SMILES string of the molecule is c1cc(-c2cccc3ccccc23)cc(-c2c3ccccc3c(-c3ccc4oc5ccc6ccccc6c5c4c3)c3ccccc23)c1.c1ccc(-c2c3ccccc3c(-c3ccc4oc5cc6ccccc6cc5c4c3)c3ccccc23)c(-c2cccc3ccccc23)c1.c1ccc2c(-c3ccc(-c4c5ccccc5c(-c5ccc6oc7ccc8ccccc8c7c6c5)c5ccccc45)cc3)cccc2c1. The molecule has 0 atom stereocenters. The van der Waals surface area contributed by atoms with Gasteiger partial charge in [-0.2, -0.15) is 0 Å². The van der Waals surface area contributed by atoms with Crippen molar-refractivity contribution in [2.75, 3.05) is 0 Å². The molecule has 654 valence electrons. The minimum atomic E-state index is 0.910. The molecule has 141 heavy (non-hydrogen) atoms. The molecule has 0 aliphatic heterocycles. The van der Waals surface area contributed by atoms with Crippen LogP contribution in [0.25, 0.3) is 295 Å². The van der Waals surface area contributed by atoms with Crippen molar-refractivity contribution in [3.05, 3.63) is 510 Å². The Balaban J connectivity index is 0.000000104. The fourth-order valence-electron chi connectivity index (χ4n) is 23.3. The Hall–Kier alpha value is -18.5. The highest BCUT2D eigenvalue weighted by Crippen LogP contribution is 2.53. The molecule has 0 unspecified atom stereocenters. The van der Waals surface area contributed by atoms with E-state index in [0.29, 0.717) is 0 Å². The van der Waals surface area contributed by atoms with Crippen LogP contribution in [0.5, 0.6) is 0 Å². The quantitative estimate of drug-likeness (QED) is 0.135. The van der Waals surface area contributed by atoms with Gasteiger partial charge in [-0.05, 0) is 296 Å². The second kappa shape index (κ2) is 33.2. The molecule has 0 radical (unpaired) electrons. The summed E-state index contributed by atoms with van der Waals surface area (Å²) in [5.41, 5.74) is 27.8. The molecule has 0 fully saturated rings. The van der Waals surface area contributed by atoms with E-state index in [1.165, 1.54) is 240 Å². The van der Waals surface area contributed by atoms with Gasteiger partial charge < -0.3 is 13.3 Å². The summed E-state index contributed by atoms with van der Waals surface area (Å²) in [5.74, 6) is 0. The van der Waals surface area contributed by atoms with Crippen LogP contribution in [0.2, 0.25) is 0 Å². The molecule has 0 bridgehead atoms. The molecule has 3 nitrogen and oxygen atoms in total. The molecule has 0 aliphatic rings. The van der Waals surface area contributed by atoms with E-state index in [0.717, 1.165) is 55.0 Å². The number of rotatable bonds is 9. The molecule has 3 heterocycles. The zero-order chi connectivity index (χ0) is 92.7. The first kappa shape index (κ1) is 80.9. The summed E-state index contributed by atoms with van der Waals surface area (Å²) in [7, 11) is 0. The summed E-state index contributed by atoms with van der Waals surface area (Å²) >= 11 is 0. The van der Waals surface area contributed by atoms with E-state index in [2.05, 4.69) is 510 Å². The number of hydrogen-bond donors (Lipinski definition) is 0. The highest BCUT2D eigenvalue weighted by Gasteiger charge is 2.26. The van der Waals surface area contributed by atoms with Gasteiger partial charge in [0, 0.05) is 32.3 Å². The lowest BCUT2D eigenvalue weighted by atomic mass is 9.83. The van der Waals surface area contributed by atoms with Crippen molar-refractivity contribution in [3.8, 4) is 100 Å². The maximum absolute atomic E-state index is 6.39. The normalized spacial score (nSPS) is 11.8. The standard InChI is InChI=1S/3C46H28O/c1-3-16-34-29(11-1)13-10-22-35(34)31-14-9-15-32(27-31)44-37-18-5-7-20-39(37)45(40-21-8-6-19-38(40)44)33-24-25-42-41(28-33)46-36-17-4-2-12-30(36)23-26-43(46)47-42;1-3-13-34-29(10-1)12-9-19-35(34)31-20-22-32(23-21-31)44-37-15-5-7-17-39(37)45(40-18-8-6-16-38(40)44)33-25-26-42-41(28-33)46-36-14-4-2-11-30(36)24-27-43(46)47-42;1-2-14-31-28-44-42(26-30(31)13-1)41-27-32(24-25-43(41)47-44)45-37-19-7-9-21-39(37)46(40-22-10-8-20-38(40)45)36-18-6-5-17-35(36)34-23-11-15-29-12-3-4-16-33(29)34/h3*1-28H. The van der Waals surface area contributed by atoms with Crippen molar-refractivity contribution in [1.29, 1.82) is 0 Å². The summed E-state index contributed by atoms with van der Waals surface area (Å²) < 4.78 is 19.1. The van der Waals surface area contributed by atoms with Crippen molar-refractivity contribution < 1.29 is 13.3 Å². The summed E-state index contributed by atoms with van der Waals surface area (Å²) in [6.45, 7) is 0. The number of furan rings is 3. The Morgan fingerprint density at radius 2 is 0.348 bits per heavy atom. The van der Waals surface area contributed by atoms with Gasteiger partial charge in [0.15, 0.2) is 0 Å². The van der Waals surface area contributed by atoms with Gasteiger partial charge in [0.25, 0.3) is 0 Å². The minimum Gasteiger partial charge on any atom is -0.456 e. The van der Waals surface area contributed by atoms with Crippen LogP contribution >= 0.6 is 0 Å². The molecule has 0 saturated carbocycles. The Kier molecular flexibility index (Phi) is 19.0. The highest BCUT2D eigenvalue weighted by atomic mass is 16.3. The van der Waals surface area contributed by atoms with Gasteiger partial charge in [0.1, 0.15) is 33.5 Å². The Labute approximate surface area is 812 Å². The van der Waals surface area contributed by atoms with Crippen LogP contribution in [-0.2, 0) is 0 Å². The van der Waals surface area contributed by atoms with Gasteiger partial charge in [-0.1, -0.05) is 443 Å². The Bertz CT molecular complexity index is 10200. The van der Waals surface area contributed by atoms with E-state index < -0.39 is 0 Å². The fraction of sp³-hybridized carbons (Fsp3) is 0. The van der Waals surface area contributed by atoms with E-state index in [-0.39, 0.29) is 0 Å². The first-order chi connectivity index (χ1) is 69.9. The third kappa shape index (κ3) is 13.4. The van der Waals surface area contributed by atoms with Gasteiger partial charge in [-0.15, -0.1) is 0 Å². The van der Waals surface area contributed by atoms with E-state index in [1.54, 1.807) is 0 Å². The lowest BCUT2D eigenvalue weighted by molar-refractivity contribution is 0.669. The molecular formula is C138H84O3. The van der Waals surface area contributed by atoms with Crippen LogP contribution in [0.4, 0.5) is 0 Å². The van der Waals surface area contributed by atoms with E-state index in [9.17, 15) is 0 Å². The predicted molar refractivity (Wildman–Crippen MR) is 600 cm³/mol. The molecule has 3 heteroatoms. The molecule has 0 N–H and O–H groups in total. The highest BCUT2D eigenvalue weighted by molar-refractivity contribution is 6.29. The average Bonchev–Trinajstić information content (AvgIpc) is 1.32. The third-order valence-electron chi connectivity index (χ3n) is 29.5. The topological polar surface area (TPSA) is 39.4 Å². The van der Waals surface area contributed by atoms with Crippen LogP contribution in [-0.4, -0.2) is 0 Å². The number of fused-ring (bicyclic) bond motifs is 23. The van der Waals surface area contributed by atoms with Gasteiger partial charge in [0.05, 0.1) is 0 Å². The van der Waals surface area contributed by atoms with Crippen molar-refractivity contribution in [2.24, 2.45) is 0 Å². The second-order valence-corrected chi connectivity index (χ2v) is 37.3. The summed E-state index contributed by atoms with van der Waals surface area (Å²) in [5, 5.41) is 36.8. The van der Waals surface area contributed by atoms with Gasteiger partial charge >= 0.3 is 0 Å². The fourth-order valence-corrected chi connectivity index (χ4v) is 23.3. The summed E-state index contributed by atoms with van der Waals surface area (Å²) in [4.78, 5) is 0. The van der Waals surface area contributed by atoms with Crippen LogP contribution in [0.1, 0.15) is 0 Å². The average molecular weight is 1790 g/mol. The van der Waals surface area contributed by atoms with Crippen molar-refractivity contribution in [1.82, 2.24) is 0 Å². The first-order valence-corrected chi connectivity index (χ1v) is 48.5. The molecular weight excluding hydrogens is 1710 g/mol. The molecule has 0 aliphatic carbocycles.